The Balaban J connectivity index is 1.55. The topological polar surface area (TPSA) is 41.5 Å². The molecule has 1 fully saturated rings. The van der Waals surface area contributed by atoms with Gasteiger partial charge < -0.3 is 0 Å². The van der Waals surface area contributed by atoms with Gasteiger partial charge in [-0.2, -0.15) is 5.10 Å². The van der Waals surface area contributed by atoms with Crippen molar-refractivity contribution in [2.24, 2.45) is 11.0 Å². The van der Waals surface area contributed by atoms with Crippen LogP contribution in [0.2, 0.25) is 0 Å². The minimum atomic E-state index is -0.866. The van der Waals surface area contributed by atoms with Crippen LogP contribution in [0.1, 0.15) is 17.0 Å². The highest BCUT2D eigenvalue weighted by molar-refractivity contribution is 6.53. The molecule has 0 heterocycles. The van der Waals surface area contributed by atoms with Crippen molar-refractivity contribution in [3.05, 3.63) is 71.8 Å². The number of alkyl halides is 2. The summed E-state index contributed by atoms with van der Waals surface area (Å²) in [7, 11) is 0. The SMILES string of the molecule is O=C(Cc1ccccc1)NN=CC1C(c2ccccc2)C1(Cl)Cl. The molecule has 118 valence electrons. The molecule has 3 nitrogen and oxygen atoms in total. The van der Waals surface area contributed by atoms with Crippen LogP contribution in [0.15, 0.2) is 65.8 Å². The molecular formula is C18H16Cl2N2O. The number of hydrazone groups is 1. The second-order valence-corrected chi connectivity index (χ2v) is 7.01. The van der Waals surface area contributed by atoms with E-state index in [9.17, 15) is 4.79 Å². The van der Waals surface area contributed by atoms with E-state index in [1.54, 1.807) is 6.21 Å². The predicted molar refractivity (Wildman–Crippen MR) is 93.9 cm³/mol. The number of carbonyl (C=O) groups is 1. The third-order valence-corrected chi connectivity index (χ3v) is 4.87. The van der Waals surface area contributed by atoms with E-state index in [4.69, 9.17) is 23.2 Å². The van der Waals surface area contributed by atoms with Gasteiger partial charge in [0.15, 0.2) is 0 Å². The quantitative estimate of drug-likeness (QED) is 0.497. The number of halogens is 2. The van der Waals surface area contributed by atoms with E-state index < -0.39 is 4.33 Å². The Bertz CT molecular complexity index is 701. The average Bonchev–Trinajstić information content (AvgIpc) is 3.10. The standard InChI is InChI=1S/C18H16Cl2N2O/c19-18(20)15(17(18)14-9-5-2-6-10-14)12-21-22-16(23)11-13-7-3-1-4-8-13/h1-10,12,15,17H,11H2,(H,22,23). The van der Waals surface area contributed by atoms with Crippen molar-refractivity contribution in [3.63, 3.8) is 0 Å². The predicted octanol–water partition coefficient (Wildman–Crippen LogP) is 3.92. The highest BCUT2D eigenvalue weighted by Crippen LogP contribution is 2.63. The molecule has 2 aromatic carbocycles. The van der Waals surface area contributed by atoms with Gasteiger partial charge in [-0.3, -0.25) is 4.79 Å². The van der Waals surface area contributed by atoms with Gasteiger partial charge in [0.2, 0.25) is 5.91 Å². The van der Waals surface area contributed by atoms with Crippen molar-refractivity contribution < 1.29 is 4.79 Å². The largest absolute Gasteiger partial charge is 0.273 e. The lowest BCUT2D eigenvalue weighted by Gasteiger charge is -1.99. The number of carbonyl (C=O) groups excluding carboxylic acids is 1. The zero-order valence-corrected chi connectivity index (χ0v) is 13.8. The maximum atomic E-state index is 11.8. The lowest BCUT2D eigenvalue weighted by molar-refractivity contribution is -0.120. The van der Waals surface area contributed by atoms with Gasteiger partial charge in [0, 0.05) is 18.1 Å². The highest BCUT2D eigenvalue weighted by Gasteiger charge is 2.63. The summed E-state index contributed by atoms with van der Waals surface area (Å²) >= 11 is 12.6. The van der Waals surface area contributed by atoms with Crippen LogP contribution in [-0.2, 0) is 11.2 Å². The number of rotatable bonds is 5. The molecule has 1 aliphatic carbocycles. The molecule has 0 spiro atoms. The molecule has 3 rings (SSSR count). The zero-order chi connectivity index (χ0) is 16.3. The second-order valence-electron chi connectivity index (χ2n) is 5.56. The Hall–Kier alpha value is -1.84. The number of nitrogens with zero attached hydrogens (tertiary/aromatic N) is 1. The van der Waals surface area contributed by atoms with E-state index >= 15 is 0 Å². The third kappa shape index (κ3) is 3.74. The summed E-state index contributed by atoms with van der Waals surface area (Å²) in [6.45, 7) is 0. The first-order valence-corrected chi connectivity index (χ1v) is 8.13. The van der Waals surface area contributed by atoms with Crippen LogP contribution in [0.4, 0.5) is 0 Å². The summed E-state index contributed by atoms with van der Waals surface area (Å²) < 4.78 is -0.866. The van der Waals surface area contributed by atoms with Gasteiger partial charge in [-0.25, -0.2) is 5.43 Å². The molecule has 0 radical (unpaired) electrons. The maximum Gasteiger partial charge on any atom is 0.244 e. The van der Waals surface area contributed by atoms with E-state index in [2.05, 4.69) is 10.5 Å². The molecule has 23 heavy (non-hydrogen) atoms. The van der Waals surface area contributed by atoms with Crippen LogP contribution in [0.25, 0.3) is 0 Å². The highest BCUT2D eigenvalue weighted by atomic mass is 35.5. The van der Waals surface area contributed by atoms with Crippen LogP contribution in [0.5, 0.6) is 0 Å². The molecule has 0 saturated heterocycles. The molecule has 0 bridgehead atoms. The van der Waals surface area contributed by atoms with Gasteiger partial charge in [0.05, 0.1) is 6.42 Å². The van der Waals surface area contributed by atoms with E-state index in [0.29, 0.717) is 0 Å². The van der Waals surface area contributed by atoms with Gasteiger partial charge in [-0.1, -0.05) is 60.7 Å². The minimum Gasteiger partial charge on any atom is -0.273 e. The van der Waals surface area contributed by atoms with Crippen LogP contribution in [-0.4, -0.2) is 16.5 Å². The van der Waals surface area contributed by atoms with Crippen molar-refractivity contribution >= 4 is 35.3 Å². The molecule has 2 unspecified atom stereocenters. The summed E-state index contributed by atoms with van der Waals surface area (Å²) in [5.41, 5.74) is 4.54. The fourth-order valence-corrected chi connectivity index (χ4v) is 3.40. The Kier molecular flexibility index (Phi) is 4.69. The summed E-state index contributed by atoms with van der Waals surface area (Å²) in [4.78, 5) is 11.8. The summed E-state index contributed by atoms with van der Waals surface area (Å²) in [5.74, 6) is -0.272. The Morgan fingerprint density at radius 1 is 1.09 bits per heavy atom. The molecule has 1 aliphatic rings. The van der Waals surface area contributed by atoms with E-state index in [0.717, 1.165) is 11.1 Å². The van der Waals surface area contributed by atoms with Crippen LogP contribution < -0.4 is 5.43 Å². The first-order valence-electron chi connectivity index (χ1n) is 7.38. The number of amides is 1. The second kappa shape index (κ2) is 6.73. The normalized spacial score (nSPS) is 22.0. The van der Waals surface area contributed by atoms with Gasteiger partial charge in [-0.05, 0) is 11.1 Å². The fourth-order valence-electron chi connectivity index (χ4n) is 2.64. The van der Waals surface area contributed by atoms with Gasteiger partial charge in [0.1, 0.15) is 4.33 Å². The Morgan fingerprint density at radius 3 is 2.35 bits per heavy atom. The van der Waals surface area contributed by atoms with Crippen molar-refractivity contribution in [3.8, 4) is 0 Å². The van der Waals surface area contributed by atoms with Gasteiger partial charge in [0.25, 0.3) is 0 Å². The van der Waals surface area contributed by atoms with Crippen molar-refractivity contribution in [2.75, 3.05) is 0 Å². The van der Waals surface area contributed by atoms with E-state index in [1.165, 1.54) is 0 Å². The van der Waals surface area contributed by atoms with Crippen LogP contribution in [0.3, 0.4) is 0 Å². The Labute approximate surface area is 145 Å². The zero-order valence-electron chi connectivity index (χ0n) is 12.3. The molecule has 1 N–H and O–H groups in total. The lowest BCUT2D eigenvalue weighted by atomic mass is 10.1. The minimum absolute atomic E-state index is 0.00167. The van der Waals surface area contributed by atoms with Crippen LogP contribution >= 0.6 is 23.2 Å². The Morgan fingerprint density at radius 2 is 1.70 bits per heavy atom. The van der Waals surface area contributed by atoms with Crippen LogP contribution in [0, 0.1) is 5.92 Å². The summed E-state index contributed by atoms with van der Waals surface area (Å²) in [6, 6.07) is 19.3. The van der Waals surface area contributed by atoms with Gasteiger partial charge in [-0.15, -0.1) is 23.2 Å². The maximum absolute atomic E-state index is 11.8. The average molecular weight is 347 g/mol. The molecule has 5 heteroatoms. The number of nitrogens with one attached hydrogen (secondary N) is 1. The number of hydrogen-bond donors (Lipinski definition) is 1. The molecular weight excluding hydrogens is 331 g/mol. The summed E-state index contributed by atoms with van der Waals surface area (Å²) in [5, 5.41) is 4.01. The lowest BCUT2D eigenvalue weighted by Crippen LogP contribution is -2.20. The molecule has 1 amide bonds. The van der Waals surface area contributed by atoms with Crippen molar-refractivity contribution in [1.82, 2.24) is 5.43 Å². The number of hydrogen-bond acceptors (Lipinski definition) is 2. The molecule has 2 aromatic rings. The van der Waals surface area contributed by atoms with Gasteiger partial charge >= 0.3 is 0 Å². The summed E-state index contributed by atoms with van der Waals surface area (Å²) in [6.07, 6.45) is 1.92. The van der Waals surface area contributed by atoms with Crippen molar-refractivity contribution in [1.29, 1.82) is 0 Å². The molecule has 1 saturated carbocycles. The van der Waals surface area contributed by atoms with E-state index in [1.807, 2.05) is 60.7 Å². The molecule has 2 atom stereocenters. The number of benzene rings is 2. The first kappa shape index (κ1) is 16.0. The van der Waals surface area contributed by atoms with E-state index in [-0.39, 0.29) is 24.2 Å². The molecule has 0 aliphatic heterocycles. The smallest absolute Gasteiger partial charge is 0.244 e. The molecule has 0 aromatic heterocycles. The van der Waals surface area contributed by atoms with Crippen molar-refractivity contribution in [2.45, 2.75) is 16.7 Å². The first-order chi connectivity index (χ1) is 11.1. The third-order valence-electron chi connectivity index (χ3n) is 3.90. The fraction of sp³-hybridized carbons (Fsp3) is 0.222. The monoisotopic (exact) mass is 346 g/mol.